The number of amidine groups is 1. The van der Waals surface area contributed by atoms with Gasteiger partial charge in [-0.3, -0.25) is 0 Å². The van der Waals surface area contributed by atoms with Crippen molar-refractivity contribution in [2.24, 2.45) is 9.98 Å². The summed E-state index contributed by atoms with van der Waals surface area (Å²) >= 11 is 0. The molecule has 0 amide bonds. The number of rotatable bonds is 5. The maximum Gasteiger partial charge on any atom is 0.161 e. The van der Waals surface area contributed by atoms with Crippen LogP contribution >= 0.6 is 0 Å². The molecule has 0 spiro atoms. The van der Waals surface area contributed by atoms with Crippen molar-refractivity contribution < 1.29 is 17.5 Å². The van der Waals surface area contributed by atoms with Gasteiger partial charge in [-0.05, 0) is 29.8 Å². The number of hydrogen-bond donors (Lipinski definition) is 0. The third kappa shape index (κ3) is 4.26. The van der Waals surface area contributed by atoms with Crippen molar-refractivity contribution in [3.63, 3.8) is 0 Å². The van der Waals surface area contributed by atoms with Crippen LogP contribution in [0.4, 0.5) is 10.1 Å². The van der Waals surface area contributed by atoms with E-state index in [9.17, 15) is 12.8 Å². The standard InChI is InChI=1S/C18H18FN3O3S/c1-25-17-9-14(19)6-7-16(17)18-20-11-22(12-21-18)15-5-3-4-13(8-15)10-26(2,23)24/h3-9,11H,10,12H2,1-2H3. The number of halogens is 1. The Morgan fingerprint density at radius 3 is 2.69 bits per heavy atom. The van der Waals surface area contributed by atoms with E-state index in [1.54, 1.807) is 35.5 Å². The summed E-state index contributed by atoms with van der Waals surface area (Å²) in [4.78, 5) is 10.6. The first-order chi connectivity index (χ1) is 12.4. The van der Waals surface area contributed by atoms with Crippen LogP contribution in [0.15, 0.2) is 52.4 Å². The van der Waals surface area contributed by atoms with Gasteiger partial charge in [0.15, 0.2) is 15.7 Å². The molecule has 0 unspecified atom stereocenters. The maximum absolute atomic E-state index is 13.3. The Morgan fingerprint density at radius 1 is 1.23 bits per heavy atom. The van der Waals surface area contributed by atoms with E-state index in [-0.39, 0.29) is 5.75 Å². The van der Waals surface area contributed by atoms with Gasteiger partial charge in [0.25, 0.3) is 0 Å². The van der Waals surface area contributed by atoms with E-state index >= 15 is 0 Å². The lowest BCUT2D eigenvalue weighted by molar-refractivity contribution is 0.410. The number of methoxy groups -OCH3 is 1. The van der Waals surface area contributed by atoms with Crippen LogP contribution in [0.25, 0.3) is 0 Å². The Labute approximate surface area is 151 Å². The number of aliphatic imine (C=N–C) groups is 2. The highest BCUT2D eigenvalue weighted by molar-refractivity contribution is 7.89. The minimum atomic E-state index is -3.10. The van der Waals surface area contributed by atoms with Gasteiger partial charge >= 0.3 is 0 Å². The molecule has 2 aromatic carbocycles. The summed E-state index contributed by atoms with van der Waals surface area (Å²) in [6.07, 6.45) is 2.82. The van der Waals surface area contributed by atoms with E-state index in [4.69, 9.17) is 4.74 Å². The van der Waals surface area contributed by atoms with Crippen molar-refractivity contribution in [2.75, 3.05) is 24.9 Å². The van der Waals surface area contributed by atoms with Crippen LogP contribution in [0.2, 0.25) is 0 Å². The van der Waals surface area contributed by atoms with Crippen molar-refractivity contribution in [1.29, 1.82) is 0 Å². The first-order valence-corrected chi connectivity index (χ1v) is 9.87. The molecule has 0 bridgehead atoms. The molecule has 3 rings (SSSR count). The molecule has 0 atom stereocenters. The average molecular weight is 375 g/mol. The van der Waals surface area contributed by atoms with E-state index in [1.807, 2.05) is 6.07 Å². The molecule has 1 aliphatic heterocycles. The summed E-state index contributed by atoms with van der Waals surface area (Å²) in [5, 5.41) is 0. The van der Waals surface area contributed by atoms with E-state index in [2.05, 4.69) is 9.98 Å². The quantitative estimate of drug-likeness (QED) is 0.805. The van der Waals surface area contributed by atoms with E-state index in [0.29, 0.717) is 29.4 Å². The zero-order valence-electron chi connectivity index (χ0n) is 14.4. The highest BCUT2D eigenvalue weighted by Gasteiger charge is 2.15. The second-order valence-electron chi connectivity index (χ2n) is 5.92. The molecule has 0 aliphatic carbocycles. The SMILES string of the molecule is COc1cc(F)ccc1C1=NCN(c2cccc(CS(C)(=O)=O)c2)C=N1. The zero-order valence-corrected chi connectivity index (χ0v) is 15.2. The lowest BCUT2D eigenvalue weighted by Gasteiger charge is -2.22. The van der Waals surface area contributed by atoms with Crippen LogP contribution in [0.3, 0.4) is 0 Å². The topological polar surface area (TPSA) is 71.3 Å². The molecular formula is C18H18FN3O3S. The minimum Gasteiger partial charge on any atom is -0.496 e. The summed E-state index contributed by atoms with van der Waals surface area (Å²) < 4.78 is 41.5. The molecule has 26 heavy (non-hydrogen) atoms. The number of benzene rings is 2. The Morgan fingerprint density at radius 2 is 2.04 bits per heavy atom. The van der Waals surface area contributed by atoms with Gasteiger partial charge in [0.05, 0.1) is 24.8 Å². The second kappa shape index (κ2) is 7.25. The Kier molecular flexibility index (Phi) is 5.03. The van der Waals surface area contributed by atoms with Crippen LogP contribution in [0.1, 0.15) is 11.1 Å². The highest BCUT2D eigenvalue weighted by atomic mass is 32.2. The predicted octanol–water partition coefficient (Wildman–Crippen LogP) is 2.63. The fraction of sp³-hybridized carbons (Fsp3) is 0.222. The van der Waals surface area contributed by atoms with Crippen LogP contribution in [0.5, 0.6) is 5.75 Å². The monoisotopic (exact) mass is 375 g/mol. The number of hydrogen-bond acceptors (Lipinski definition) is 6. The summed E-state index contributed by atoms with van der Waals surface area (Å²) in [6, 6.07) is 11.4. The third-order valence-corrected chi connectivity index (χ3v) is 4.63. The normalized spacial score (nSPS) is 14.3. The van der Waals surface area contributed by atoms with Gasteiger partial charge in [-0.2, -0.15) is 0 Å². The van der Waals surface area contributed by atoms with Crippen molar-refractivity contribution in [3.05, 3.63) is 59.4 Å². The number of sulfone groups is 1. The van der Waals surface area contributed by atoms with Crippen molar-refractivity contribution in [1.82, 2.24) is 0 Å². The Balaban J connectivity index is 1.80. The van der Waals surface area contributed by atoms with Gasteiger partial charge in [-0.1, -0.05) is 12.1 Å². The molecule has 0 fully saturated rings. The Bertz CT molecular complexity index is 987. The van der Waals surface area contributed by atoms with Crippen LogP contribution in [-0.2, 0) is 15.6 Å². The minimum absolute atomic E-state index is 0.0207. The highest BCUT2D eigenvalue weighted by Crippen LogP contribution is 2.23. The summed E-state index contributed by atoms with van der Waals surface area (Å²) in [5.41, 5.74) is 2.10. The average Bonchev–Trinajstić information content (AvgIpc) is 2.60. The molecule has 136 valence electrons. The summed E-state index contributed by atoms with van der Waals surface area (Å²) in [5.74, 6) is 0.401. The fourth-order valence-electron chi connectivity index (χ4n) is 2.63. The van der Waals surface area contributed by atoms with Gasteiger partial charge in [-0.25, -0.2) is 22.8 Å². The van der Waals surface area contributed by atoms with Gasteiger partial charge < -0.3 is 9.64 Å². The zero-order chi connectivity index (χ0) is 18.7. The summed E-state index contributed by atoms with van der Waals surface area (Å²) in [7, 11) is -1.64. The number of ether oxygens (including phenoxy) is 1. The molecule has 0 aromatic heterocycles. The third-order valence-electron chi connectivity index (χ3n) is 3.77. The molecule has 0 N–H and O–H groups in total. The molecule has 1 heterocycles. The van der Waals surface area contributed by atoms with Gasteiger partial charge in [0, 0.05) is 18.0 Å². The fourth-order valence-corrected chi connectivity index (χ4v) is 3.41. The molecule has 1 aliphatic rings. The molecule has 0 saturated heterocycles. The molecule has 2 aromatic rings. The van der Waals surface area contributed by atoms with E-state index in [1.165, 1.54) is 25.5 Å². The predicted molar refractivity (Wildman–Crippen MR) is 100 cm³/mol. The van der Waals surface area contributed by atoms with Gasteiger partial charge in [0.2, 0.25) is 0 Å². The van der Waals surface area contributed by atoms with Gasteiger partial charge in [-0.15, -0.1) is 0 Å². The molecular weight excluding hydrogens is 357 g/mol. The molecule has 0 saturated carbocycles. The smallest absolute Gasteiger partial charge is 0.161 e. The van der Waals surface area contributed by atoms with Crippen molar-refractivity contribution in [2.45, 2.75) is 5.75 Å². The Hall–Kier alpha value is -2.74. The summed E-state index contributed by atoms with van der Waals surface area (Å²) in [6.45, 7) is 0.307. The van der Waals surface area contributed by atoms with Crippen molar-refractivity contribution >= 4 is 27.7 Å². The van der Waals surface area contributed by atoms with Crippen LogP contribution in [-0.4, -0.2) is 40.6 Å². The van der Waals surface area contributed by atoms with Crippen LogP contribution < -0.4 is 9.64 Å². The largest absolute Gasteiger partial charge is 0.496 e. The maximum atomic E-state index is 13.3. The first kappa shape index (κ1) is 18.1. The molecule has 8 heteroatoms. The molecule has 0 radical (unpaired) electrons. The van der Waals surface area contributed by atoms with Crippen LogP contribution in [0, 0.1) is 5.82 Å². The first-order valence-electron chi connectivity index (χ1n) is 7.81. The van der Waals surface area contributed by atoms with Crippen molar-refractivity contribution in [3.8, 4) is 5.75 Å². The lowest BCUT2D eigenvalue weighted by atomic mass is 10.1. The molecule has 6 nitrogen and oxygen atoms in total. The number of anilines is 1. The lowest BCUT2D eigenvalue weighted by Crippen LogP contribution is -2.26. The van der Waals surface area contributed by atoms with Gasteiger partial charge in [0.1, 0.15) is 18.2 Å². The second-order valence-corrected chi connectivity index (χ2v) is 8.06. The van der Waals surface area contributed by atoms with E-state index in [0.717, 1.165) is 5.69 Å². The number of nitrogens with zero attached hydrogens (tertiary/aromatic N) is 3. The van der Waals surface area contributed by atoms with E-state index < -0.39 is 15.7 Å².